The number of rotatable bonds is 4. The molecular formula is C17H16N6O. The summed E-state index contributed by atoms with van der Waals surface area (Å²) in [5.74, 6) is 0.620. The molecule has 0 fully saturated rings. The van der Waals surface area contributed by atoms with E-state index in [-0.39, 0.29) is 5.91 Å². The maximum absolute atomic E-state index is 12.4. The maximum atomic E-state index is 12.4. The summed E-state index contributed by atoms with van der Waals surface area (Å²) in [7, 11) is 0. The van der Waals surface area contributed by atoms with Crippen molar-refractivity contribution in [2.24, 2.45) is 0 Å². The molecule has 0 aliphatic carbocycles. The summed E-state index contributed by atoms with van der Waals surface area (Å²) in [5.41, 5.74) is 3.16. The van der Waals surface area contributed by atoms with Crippen molar-refractivity contribution in [3.63, 3.8) is 0 Å². The van der Waals surface area contributed by atoms with Crippen LogP contribution in [0.3, 0.4) is 0 Å². The smallest absolute Gasteiger partial charge is 0.272 e. The number of carbonyl (C=O) groups is 1. The lowest BCUT2D eigenvalue weighted by Crippen LogP contribution is -2.26. The maximum Gasteiger partial charge on any atom is 0.272 e. The molecule has 3 aromatic heterocycles. The van der Waals surface area contributed by atoms with Crippen LogP contribution in [0, 0.1) is 6.92 Å². The number of nitrogens with one attached hydrogen (secondary N) is 2. The summed E-state index contributed by atoms with van der Waals surface area (Å²) in [6.45, 7) is 2.46. The first kappa shape index (κ1) is 14.4. The molecule has 0 radical (unpaired) electrons. The zero-order chi connectivity index (χ0) is 16.5. The van der Waals surface area contributed by atoms with Crippen LogP contribution in [-0.2, 0) is 6.42 Å². The lowest BCUT2D eigenvalue weighted by Gasteiger charge is -2.03. The third-order valence-electron chi connectivity index (χ3n) is 3.95. The van der Waals surface area contributed by atoms with Gasteiger partial charge in [-0.1, -0.05) is 17.7 Å². The Morgan fingerprint density at radius 3 is 3.08 bits per heavy atom. The average Bonchev–Trinajstić information content (AvgIpc) is 3.19. The molecule has 7 heteroatoms. The van der Waals surface area contributed by atoms with Gasteiger partial charge in [0, 0.05) is 24.5 Å². The number of aromatic amines is 1. The Morgan fingerprint density at radius 1 is 1.25 bits per heavy atom. The van der Waals surface area contributed by atoms with Gasteiger partial charge < -0.3 is 5.32 Å². The Hall–Kier alpha value is -3.22. The van der Waals surface area contributed by atoms with Gasteiger partial charge in [-0.05, 0) is 31.2 Å². The van der Waals surface area contributed by atoms with Crippen LogP contribution in [0.5, 0.6) is 0 Å². The topological polar surface area (TPSA) is 88.0 Å². The van der Waals surface area contributed by atoms with Crippen molar-refractivity contribution >= 4 is 22.5 Å². The molecule has 0 aliphatic heterocycles. The summed E-state index contributed by atoms with van der Waals surface area (Å²) in [4.78, 5) is 12.4. The first-order valence-electron chi connectivity index (χ1n) is 7.74. The van der Waals surface area contributed by atoms with Crippen molar-refractivity contribution in [3.05, 3.63) is 59.7 Å². The van der Waals surface area contributed by atoms with Crippen molar-refractivity contribution in [2.75, 3.05) is 6.54 Å². The van der Waals surface area contributed by atoms with Gasteiger partial charge in [0.1, 0.15) is 5.82 Å². The number of amides is 1. The molecule has 0 unspecified atom stereocenters. The molecule has 0 aliphatic rings. The molecule has 4 aromatic rings. The van der Waals surface area contributed by atoms with Crippen molar-refractivity contribution < 1.29 is 4.79 Å². The van der Waals surface area contributed by atoms with Crippen molar-refractivity contribution in [1.82, 2.24) is 30.1 Å². The van der Waals surface area contributed by atoms with Crippen molar-refractivity contribution in [3.8, 4) is 0 Å². The molecular weight excluding hydrogens is 304 g/mol. The van der Waals surface area contributed by atoms with Gasteiger partial charge in [0.2, 0.25) is 0 Å². The fraction of sp³-hybridized carbons (Fsp3) is 0.176. The van der Waals surface area contributed by atoms with Gasteiger partial charge in [0.05, 0.1) is 5.52 Å². The molecule has 1 amide bonds. The van der Waals surface area contributed by atoms with Gasteiger partial charge in [-0.2, -0.15) is 5.10 Å². The molecule has 0 bridgehead atoms. The molecule has 0 spiro atoms. The van der Waals surface area contributed by atoms with Gasteiger partial charge in [0.25, 0.3) is 5.91 Å². The minimum atomic E-state index is -0.194. The van der Waals surface area contributed by atoms with E-state index >= 15 is 0 Å². The lowest BCUT2D eigenvalue weighted by atomic mass is 10.1. The van der Waals surface area contributed by atoms with Gasteiger partial charge in [-0.15, -0.1) is 10.2 Å². The molecule has 0 saturated heterocycles. The van der Waals surface area contributed by atoms with Crippen LogP contribution < -0.4 is 5.32 Å². The van der Waals surface area contributed by atoms with E-state index in [0.717, 1.165) is 27.9 Å². The SMILES string of the molecule is Cc1ccc2[nH]nc(C(=O)NCCc3nnc4ccccn34)c2c1. The van der Waals surface area contributed by atoms with E-state index in [1.165, 1.54) is 0 Å². The number of pyridine rings is 1. The standard InChI is InChI=1S/C17H16N6O/c1-11-5-6-13-12(10-11)16(22-19-13)17(24)18-8-7-15-21-20-14-4-2-3-9-23(14)15/h2-6,9-10H,7-8H2,1H3,(H,18,24)(H,19,22). The number of fused-ring (bicyclic) bond motifs is 2. The molecule has 2 N–H and O–H groups in total. The average molecular weight is 320 g/mol. The highest BCUT2D eigenvalue weighted by molar-refractivity contribution is 6.04. The zero-order valence-corrected chi connectivity index (χ0v) is 13.2. The fourth-order valence-corrected chi connectivity index (χ4v) is 2.73. The second-order valence-electron chi connectivity index (χ2n) is 5.67. The summed E-state index contributed by atoms with van der Waals surface area (Å²) >= 11 is 0. The second-order valence-corrected chi connectivity index (χ2v) is 5.67. The molecule has 7 nitrogen and oxygen atoms in total. The number of carbonyl (C=O) groups excluding carboxylic acids is 1. The summed E-state index contributed by atoms with van der Waals surface area (Å²) in [6.07, 6.45) is 2.51. The lowest BCUT2D eigenvalue weighted by molar-refractivity contribution is 0.0950. The van der Waals surface area contributed by atoms with E-state index in [0.29, 0.717) is 18.7 Å². The minimum absolute atomic E-state index is 0.194. The number of H-pyrrole nitrogens is 1. The molecule has 24 heavy (non-hydrogen) atoms. The number of hydrogen-bond acceptors (Lipinski definition) is 4. The van der Waals surface area contributed by atoms with Crippen LogP contribution in [0.4, 0.5) is 0 Å². The number of aryl methyl sites for hydroxylation is 1. The van der Waals surface area contributed by atoms with Gasteiger partial charge in [0.15, 0.2) is 11.3 Å². The largest absolute Gasteiger partial charge is 0.350 e. The van der Waals surface area contributed by atoms with Crippen LogP contribution in [0.1, 0.15) is 21.9 Å². The molecule has 120 valence electrons. The predicted molar refractivity (Wildman–Crippen MR) is 89.9 cm³/mol. The van der Waals surface area contributed by atoms with E-state index in [9.17, 15) is 4.79 Å². The van der Waals surface area contributed by atoms with Gasteiger partial charge in [-0.3, -0.25) is 14.3 Å². The van der Waals surface area contributed by atoms with E-state index in [4.69, 9.17) is 0 Å². The quantitative estimate of drug-likeness (QED) is 0.601. The molecule has 3 heterocycles. The predicted octanol–water partition coefficient (Wildman–Crippen LogP) is 1.89. The van der Waals surface area contributed by atoms with Crippen LogP contribution in [-0.4, -0.2) is 37.2 Å². The van der Waals surface area contributed by atoms with E-state index < -0.39 is 0 Å². The van der Waals surface area contributed by atoms with E-state index in [1.807, 2.05) is 53.9 Å². The zero-order valence-electron chi connectivity index (χ0n) is 13.2. The van der Waals surface area contributed by atoms with Crippen molar-refractivity contribution in [2.45, 2.75) is 13.3 Å². The van der Waals surface area contributed by atoms with Gasteiger partial charge >= 0.3 is 0 Å². The Bertz CT molecular complexity index is 1030. The van der Waals surface area contributed by atoms with Crippen LogP contribution in [0.15, 0.2) is 42.6 Å². The number of benzene rings is 1. The number of aromatic nitrogens is 5. The highest BCUT2D eigenvalue weighted by atomic mass is 16.1. The Kier molecular flexibility index (Phi) is 3.45. The number of nitrogens with zero attached hydrogens (tertiary/aromatic N) is 4. The van der Waals surface area contributed by atoms with E-state index in [1.54, 1.807) is 0 Å². The van der Waals surface area contributed by atoms with Crippen LogP contribution in [0.2, 0.25) is 0 Å². The molecule has 0 atom stereocenters. The van der Waals surface area contributed by atoms with Crippen molar-refractivity contribution in [1.29, 1.82) is 0 Å². The summed E-state index contributed by atoms with van der Waals surface area (Å²) in [6, 6.07) is 11.6. The summed E-state index contributed by atoms with van der Waals surface area (Å²) in [5, 5.41) is 19.0. The normalized spacial score (nSPS) is 11.2. The van der Waals surface area contributed by atoms with Crippen LogP contribution in [0.25, 0.3) is 16.6 Å². The summed E-state index contributed by atoms with van der Waals surface area (Å²) < 4.78 is 1.92. The van der Waals surface area contributed by atoms with Gasteiger partial charge in [-0.25, -0.2) is 0 Å². The molecule has 1 aromatic carbocycles. The first-order valence-corrected chi connectivity index (χ1v) is 7.74. The highest BCUT2D eigenvalue weighted by Gasteiger charge is 2.14. The Morgan fingerprint density at radius 2 is 2.17 bits per heavy atom. The monoisotopic (exact) mass is 320 g/mol. The second kappa shape index (κ2) is 5.77. The molecule has 0 saturated carbocycles. The highest BCUT2D eigenvalue weighted by Crippen LogP contribution is 2.17. The Balaban J connectivity index is 1.47. The van der Waals surface area contributed by atoms with E-state index in [2.05, 4.69) is 25.7 Å². The Labute approximate surface area is 137 Å². The minimum Gasteiger partial charge on any atom is -0.350 e. The van der Waals surface area contributed by atoms with Crippen LogP contribution >= 0.6 is 0 Å². The third kappa shape index (κ3) is 2.50. The third-order valence-corrected chi connectivity index (χ3v) is 3.95. The molecule has 4 rings (SSSR count). The first-order chi connectivity index (χ1) is 11.7. The fourth-order valence-electron chi connectivity index (χ4n) is 2.73. The number of hydrogen-bond donors (Lipinski definition) is 2.